The Morgan fingerprint density at radius 3 is 2.62 bits per heavy atom. The van der Waals surface area contributed by atoms with Crippen LogP contribution in [0.3, 0.4) is 0 Å². The molecule has 2 amide bonds. The molecule has 2 rings (SSSR count). The van der Waals surface area contributed by atoms with E-state index < -0.39 is 9.84 Å². The van der Waals surface area contributed by atoms with Crippen LogP contribution in [0.15, 0.2) is 28.7 Å². The van der Waals surface area contributed by atoms with E-state index in [-0.39, 0.29) is 23.6 Å². The predicted molar refractivity (Wildman–Crippen MR) is 86.1 cm³/mol. The topological polar surface area (TPSA) is 66.5 Å². The summed E-state index contributed by atoms with van der Waals surface area (Å²) in [5.41, 5.74) is 1.14. The van der Waals surface area contributed by atoms with E-state index in [9.17, 15) is 13.2 Å². The summed E-state index contributed by atoms with van der Waals surface area (Å²) >= 11 is 3.38. The largest absolute Gasteiger partial charge is 0.338 e. The molecule has 7 heteroatoms. The van der Waals surface area contributed by atoms with Crippen LogP contribution in [0.5, 0.6) is 0 Å². The highest BCUT2D eigenvalue weighted by Gasteiger charge is 2.32. The summed E-state index contributed by atoms with van der Waals surface area (Å²) < 4.78 is 23.9. The van der Waals surface area contributed by atoms with Gasteiger partial charge in [-0.25, -0.2) is 13.2 Å². The van der Waals surface area contributed by atoms with Crippen LogP contribution in [0.4, 0.5) is 4.79 Å². The second-order valence-electron chi connectivity index (χ2n) is 5.28. The van der Waals surface area contributed by atoms with E-state index in [0.29, 0.717) is 13.0 Å². The molecule has 1 N–H and O–H groups in total. The third-order valence-corrected chi connectivity index (χ3v) is 5.96. The summed E-state index contributed by atoms with van der Waals surface area (Å²) in [5, 5.41) is 2.83. The molecule has 0 saturated carbocycles. The third kappa shape index (κ3) is 4.71. The molecule has 0 aromatic heterocycles. The van der Waals surface area contributed by atoms with E-state index in [2.05, 4.69) is 21.2 Å². The van der Waals surface area contributed by atoms with Crippen LogP contribution in [0.2, 0.25) is 0 Å². The van der Waals surface area contributed by atoms with Gasteiger partial charge in [0.2, 0.25) is 0 Å². The average Bonchev–Trinajstić information content (AvgIpc) is 2.80. The molecule has 116 valence electrons. The Balaban J connectivity index is 1.78. The maximum Gasteiger partial charge on any atom is 0.317 e. The number of hydrogen-bond donors (Lipinski definition) is 1. The first kappa shape index (κ1) is 16.3. The quantitative estimate of drug-likeness (QED) is 0.873. The molecular weight excluding hydrogens is 356 g/mol. The van der Waals surface area contributed by atoms with Crippen LogP contribution in [-0.2, 0) is 16.3 Å². The Bertz CT molecular complexity index is 601. The van der Waals surface area contributed by atoms with Crippen molar-refractivity contribution in [1.29, 1.82) is 0 Å². The Hall–Kier alpha value is -1.08. The summed E-state index contributed by atoms with van der Waals surface area (Å²) in [4.78, 5) is 13.5. The zero-order valence-electron chi connectivity index (χ0n) is 11.9. The molecule has 1 atom stereocenters. The van der Waals surface area contributed by atoms with Crippen molar-refractivity contribution in [3.05, 3.63) is 34.3 Å². The lowest BCUT2D eigenvalue weighted by molar-refractivity contribution is 0.195. The molecule has 1 aliphatic rings. The Labute approximate surface area is 133 Å². The minimum Gasteiger partial charge on any atom is -0.338 e. The summed E-state index contributed by atoms with van der Waals surface area (Å²) in [5.74, 6) is 0.248. The number of rotatable bonds is 4. The second kappa shape index (κ2) is 6.79. The summed E-state index contributed by atoms with van der Waals surface area (Å²) in [6.07, 6.45) is 1.27. The van der Waals surface area contributed by atoms with Crippen molar-refractivity contribution in [2.24, 2.45) is 0 Å². The van der Waals surface area contributed by atoms with Gasteiger partial charge < -0.3 is 10.2 Å². The molecule has 0 spiro atoms. The molecule has 1 aliphatic heterocycles. The van der Waals surface area contributed by atoms with E-state index in [1.807, 2.05) is 24.3 Å². The lowest BCUT2D eigenvalue weighted by Gasteiger charge is -2.23. The van der Waals surface area contributed by atoms with Crippen LogP contribution in [-0.4, -0.2) is 50.5 Å². The fourth-order valence-corrected chi connectivity index (χ4v) is 4.37. The SMILES string of the molecule is CN(C(=O)NCCc1ccc(Br)cc1)C1CCS(=O)(=O)C1. The minimum atomic E-state index is -2.97. The fourth-order valence-electron chi connectivity index (χ4n) is 2.34. The number of carbonyl (C=O) groups excluding carboxylic acids is 1. The maximum atomic E-state index is 12.0. The lowest BCUT2D eigenvalue weighted by Crippen LogP contribution is -2.44. The molecule has 1 heterocycles. The number of carbonyl (C=O) groups is 1. The summed E-state index contributed by atoms with van der Waals surface area (Å²) in [6.45, 7) is 0.532. The molecule has 21 heavy (non-hydrogen) atoms. The number of hydrogen-bond acceptors (Lipinski definition) is 3. The minimum absolute atomic E-state index is 0.0730. The van der Waals surface area contributed by atoms with Crippen molar-refractivity contribution in [2.45, 2.75) is 18.9 Å². The van der Waals surface area contributed by atoms with Gasteiger partial charge in [0.1, 0.15) is 0 Å². The van der Waals surface area contributed by atoms with Crippen LogP contribution >= 0.6 is 15.9 Å². The molecule has 0 radical (unpaired) electrons. The molecule has 5 nitrogen and oxygen atoms in total. The summed E-state index contributed by atoms with van der Waals surface area (Å²) in [7, 11) is -1.31. The van der Waals surface area contributed by atoms with Gasteiger partial charge in [-0.1, -0.05) is 28.1 Å². The van der Waals surface area contributed by atoms with E-state index in [0.717, 1.165) is 16.5 Å². The van der Waals surface area contributed by atoms with Gasteiger partial charge in [0.25, 0.3) is 0 Å². The van der Waals surface area contributed by atoms with Crippen molar-refractivity contribution >= 4 is 31.8 Å². The van der Waals surface area contributed by atoms with Gasteiger partial charge in [0.05, 0.1) is 11.5 Å². The van der Waals surface area contributed by atoms with Crippen LogP contribution < -0.4 is 5.32 Å². The molecule has 1 aromatic rings. The highest BCUT2D eigenvalue weighted by atomic mass is 79.9. The molecule has 0 bridgehead atoms. The van der Waals surface area contributed by atoms with Crippen LogP contribution in [0, 0.1) is 0 Å². The number of nitrogens with one attached hydrogen (secondary N) is 1. The second-order valence-corrected chi connectivity index (χ2v) is 8.42. The monoisotopic (exact) mass is 374 g/mol. The highest BCUT2D eigenvalue weighted by molar-refractivity contribution is 9.10. The van der Waals surface area contributed by atoms with Gasteiger partial charge in [0.15, 0.2) is 9.84 Å². The number of sulfone groups is 1. The first-order valence-electron chi connectivity index (χ1n) is 6.83. The highest BCUT2D eigenvalue weighted by Crippen LogP contribution is 2.16. The Kier molecular flexibility index (Phi) is 5.27. The first-order chi connectivity index (χ1) is 9.87. The Morgan fingerprint density at radius 1 is 1.38 bits per heavy atom. The lowest BCUT2D eigenvalue weighted by atomic mass is 10.1. The van der Waals surface area contributed by atoms with E-state index >= 15 is 0 Å². The van der Waals surface area contributed by atoms with E-state index in [1.165, 1.54) is 4.90 Å². The average molecular weight is 375 g/mol. The van der Waals surface area contributed by atoms with E-state index in [1.54, 1.807) is 7.05 Å². The van der Waals surface area contributed by atoms with Crippen LogP contribution in [0.25, 0.3) is 0 Å². The predicted octanol–water partition coefficient (Wildman–Crippen LogP) is 1.82. The molecule has 1 saturated heterocycles. The molecular formula is C14H19BrN2O3S. The third-order valence-electron chi connectivity index (χ3n) is 3.68. The molecule has 1 unspecified atom stereocenters. The number of benzene rings is 1. The van der Waals surface area contributed by atoms with E-state index in [4.69, 9.17) is 0 Å². The van der Waals surface area contributed by atoms with Crippen molar-refractivity contribution in [3.63, 3.8) is 0 Å². The fraction of sp³-hybridized carbons (Fsp3) is 0.500. The molecule has 1 fully saturated rings. The molecule has 1 aromatic carbocycles. The van der Waals surface area contributed by atoms with Gasteiger partial charge in [-0.3, -0.25) is 0 Å². The van der Waals surface area contributed by atoms with Crippen molar-refractivity contribution < 1.29 is 13.2 Å². The smallest absolute Gasteiger partial charge is 0.317 e. The van der Waals surface area contributed by atoms with Crippen molar-refractivity contribution in [1.82, 2.24) is 10.2 Å². The number of urea groups is 1. The normalized spacial score (nSPS) is 20.2. The molecule has 0 aliphatic carbocycles. The van der Waals surface area contributed by atoms with Gasteiger partial charge in [-0.15, -0.1) is 0 Å². The van der Waals surface area contributed by atoms with Gasteiger partial charge in [-0.05, 0) is 30.5 Å². The van der Waals surface area contributed by atoms with Crippen molar-refractivity contribution in [2.75, 3.05) is 25.1 Å². The number of nitrogens with zero attached hydrogens (tertiary/aromatic N) is 1. The zero-order valence-corrected chi connectivity index (χ0v) is 14.3. The van der Waals surface area contributed by atoms with Gasteiger partial charge >= 0.3 is 6.03 Å². The van der Waals surface area contributed by atoms with Gasteiger partial charge in [0, 0.05) is 24.1 Å². The number of halogens is 1. The van der Waals surface area contributed by atoms with Crippen LogP contribution in [0.1, 0.15) is 12.0 Å². The van der Waals surface area contributed by atoms with Crippen molar-refractivity contribution in [3.8, 4) is 0 Å². The Morgan fingerprint density at radius 2 is 2.05 bits per heavy atom. The standard InChI is InChI=1S/C14H19BrN2O3S/c1-17(13-7-9-21(19,20)10-13)14(18)16-8-6-11-2-4-12(15)5-3-11/h2-5,13H,6-10H2,1H3,(H,16,18). The summed E-state index contributed by atoms with van der Waals surface area (Å²) in [6, 6.07) is 7.52. The van der Waals surface area contributed by atoms with Gasteiger partial charge in [-0.2, -0.15) is 0 Å². The zero-order chi connectivity index (χ0) is 15.5. The first-order valence-corrected chi connectivity index (χ1v) is 9.44. The maximum absolute atomic E-state index is 12.0. The number of amides is 2.